The summed E-state index contributed by atoms with van der Waals surface area (Å²) in [5.41, 5.74) is 2.27. The van der Waals surface area contributed by atoms with Crippen molar-refractivity contribution in [1.29, 1.82) is 0 Å². The summed E-state index contributed by atoms with van der Waals surface area (Å²) in [7, 11) is 1.14. The molecule has 284 valence electrons. The lowest BCUT2D eigenvalue weighted by atomic mass is 10.1. The molecule has 1 aliphatic carbocycles. The minimum absolute atomic E-state index is 0.0273. The smallest absolute Gasteiger partial charge is 0.422 e. The summed E-state index contributed by atoms with van der Waals surface area (Å²) < 4.78 is 48.5. The van der Waals surface area contributed by atoms with Crippen LogP contribution in [0, 0.1) is 0 Å². The fraction of sp³-hybridized carbons (Fsp3) is 0.306. The first-order valence-electron chi connectivity index (χ1n) is 16.7. The van der Waals surface area contributed by atoms with Crippen molar-refractivity contribution in [3.05, 3.63) is 94.5 Å². The molecule has 0 unspecified atom stereocenters. The van der Waals surface area contributed by atoms with Gasteiger partial charge >= 0.3 is 30.0 Å². The Balaban J connectivity index is 1.20. The highest BCUT2D eigenvalue weighted by Crippen LogP contribution is 2.48. The second-order valence-corrected chi connectivity index (χ2v) is 12.6. The van der Waals surface area contributed by atoms with Crippen molar-refractivity contribution in [2.24, 2.45) is 0 Å². The maximum absolute atomic E-state index is 13.1. The van der Waals surface area contributed by atoms with Crippen molar-refractivity contribution in [2.45, 2.75) is 50.4 Å². The number of alkyl halides is 3. The summed E-state index contributed by atoms with van der Waals surface area (Å²) in [6, 6.07) is 18.3. The first-order chi connectivity index (χ1) is 25.8. The van der Waals surface area contributed by atoms with E-state index in [1.165, 1.54) is 24.3 Å². The van der Waals surface area contributed by atoms with Crippen molar-refractivity contribution in [1.82, 2.24) is 25.6 Å². The Hall–Kier alpha value is -5.97. The average molecular weight is 769 g/mol. The van der Waals surface area contributed by atoms with Crippen LogP contribution in [-0.4, -0.2) is 71.1 Å². The number of benzene rings is 3. The van der Waals surface area contributed by atoms with Gasteiger partial charge in [0, 0.05) is 28.5 Å². The summed E-state index contributed by atoms with van der Waals surface area (Å²) in [5.74, 6) is -3.41. The normalized spacial score (nSPS) is 13.5. The maximum atomic E-state index is 13.1. The number of amides is 3. The molecule has 0 radical (unpaired) electrons. The number of esters is 1. The number of nitrogens with zero attached hydrogens (tertiary/aromatic N) is 3. The highest BCUT2D eigenvalue weighted by Gasteiger charge is 2.45. The molecule has 54 heavy (non-hydrogen) atoms. The molecule has 4 aromatic rings. The lowest BCUT2D eigenvalue weighted by molar-refractivity contribution is -0.154. The molecule has 5 rings (SSSR count). The molecule has 14 nitrogen and oxygen atoms in total. The summed E-state index contributed by atoms with van der Waals surface area (Å²) in [6.07, 6.45) is -2.55. The largest absolute Gasteiger partial charge is 0.467 e. The monoisotopic (exact) mass is 768 g/mol. The Morgan fingerprint density at radius 1 is 0.907 bits per heavy atom. The number of anilines is 4. The van der Waals surface area contributed by atoms with Crippen LogP contribution in [-0.2, 0) is 31.1 Å². The summed E-state index contributed by atoms with van der Waals surface area (Å²) in [4.78, 5) is 62.6. The van der Waals surface area contributed by atoms with E-state index in [-0.39, 0.29) is 30.4 Å². The topological polar surface area (TPSA) is 186 Å². The third kappa shape index (κ3) is 11.0. The third-order valence-electron chi connectivity index (χ3n) is 8.19. The molecular formula is C36H36ClF3N8O6. The van der Waals surface area contributed by atoms with Crippen molar-refractivity contribution in [2.75, 3.05) is 36.2 Å². The van der Waals surface area contributed by atoms with E-state index in [4.69, 9.17) is 21.1 Å². The van der Waals surface area contributed by atoms with Crippen LogP contribution in [0.15, 0.2) is 72.8 Å². The first kappa shape index (κ1) is 39.2. The molecule has 0 aliphatic heterocycles. The number of carbonyl (C=O) groups excluding carboxylic acids is 4. The van der Waals surface area contributed by atoms with Gasteiger partial charge in [-0.05, 0) is 85.3 Å². The van der Waals surface area contributed by atoms with E-state index < -0.39 is 54.1 Å². The van der Waals surface area contributed by atoms with E-state index in [9.17, 15) is 32.3 Å². The molecule has 3 aromatic carbocycles. The van der Waals surface area contributed by atoms with Gasteiger partial charge in [-0.3, -0.25) is 14.4 Å². The van der Waals surface area contributed by atoms with E-state index in [1.54, 1.807) is 30.3 Å². The van der Waals surface area contributed by atoms with Crippen LogP contribution in [0.1, 0.15) is 47.7 Å². The number of ether oxygens (including phenoxy) is 2. The minimum Gasteiger partial charge on any atom is -0.467 e. The molecule has 1 aliphatic rings. The maximum Gasteiger partial charge on any atom is 0.422 e. The number of hydrogen-bond donors (Lipinski definition) is 5. The molecule has 0 bridgehead atoms. The molecule has 1 fully saturated rings. The number of halogens is 4. The number of rotatable bonds is 15. The minimum atomic E-state index is -4.63. The second kappa shape index (κ2) is 17.2. The van der Waals surface area contributed by atoms with Gasteiger partial charge in [-0.15, -0.1) is 0 Å². The van der Waals surface area contributed by atoms with Gasteiger partial charge in [0.25, 0.3) is 5.91 Å². The van der Waals surface area contributed by atoms with Crippen LogP contribution in [0.5, 0.6) is 6.01 Å². The quantitative estimate of drug-likeness (QED) is 0.0782. The van der Waals surface area contributed by atoms with Gasteiger partial charge < -0.3 is 36.1 Å². The lowest BCUT2D eigenvalue weighted by Gasteiger charge is -2.19. The van der Waals surface area contributed by atoms with E-state index in [0.717, 1.165) is 24.7 Å². The number of hydrogen-bond acceptors (Lipinski definition) is 11. The van der Waals surface area contributed by atoms with Gasteiger partial charge in [-0.2, -0.15) is 28.1 Å². The van der Waals surface area contributed by atoms with Crippen LogP contribution in [0.25, 0.3) is 0 Å². The van der Waals surface area contributed by atoms with Gasteiger partial charge in [-0.1, -0.05) is 42.8 Å². The fourth-order valence-electron chi connectivity index (χ4n) is 5.21. The molecule has 1 heterocycles. The molecule has 5 N–H and O–H groups in total. The zero-order valence-electron chi connectivity index (χ0n) is 29.1. The van der Waals surface area contributed by atoms with Gasteiger partial charge in [-0.25, -0.2) is 4.79 Å². The predicted octanol–water partition coefficient (Wildman–Crippen LogP) is 5.29. The zero-order valence-corrected chi connectivity index (χ0v) is 29.8. The number of carbonyl (C=O) groups is 4. The van der Waals surface area contributed by atoms with Crippen molar-refractivity contribution in [3.63, 3.8) is 0 Å². The van der Waals surface area contributed by atoms with Crippen molar-refractivity contribution < 1.29 is 41.8 Å². The molecule has 3 amide bonds. The summed E-state index contributed by atoms with van der Waals surface area (Å²) in [5, 5.41) is 14.1. The predicted molar refractivity (Wildman–Crippen MR) is 192 cm³/mol. The van der Waals surface area contributed by atoms with Crippen LogP contribution in [0.3, 0.4) is 0 Å². The van der Waals surface area contributed by atoms with Gasteiger partial charge in [0.05, 0.1) is 12.6 Å². The zero-order chi connectivity index (χ0) is 38.9. The molecular weight excluding hydrogens is 733 g/mol. The highest BCUT2D eigenvalue weighted by atomic mass is 35.5. The van der Waals surface area contributed by atoms with E-state index in [1.807, 2.05) is 25.1 Å². The average Bonchev–Trinajstić information content (AvgIpc) is 3.93. The lowest BCUT2D eigenvalue weighted by Crippen LogP contribution is -2.44. The molecule has 0 saturated heterocycles. The van der Waals surface area contributed by atoms with Gasteiger partial charge in [0.2, 0.25) is 11.9 Å². The molecule has 1 aromatic heterocycles. The Morgan fingerprint density at radius 2 is 1.61 bits per heavy atom. The number of methoxy groups -OCH3 is 1. The standard InChI is InChI=1S/C36H36ClF3N8O6/c1-3-21-5-4-6-26(19-21)42-30(51)29(50)41-18-15-27(31(52)53-2)44-28(49)22-7-13-25(14-8-22)43-32-45-33(47-34(46-32)54-20-36(38,39)40)48-35(16-17-35)23-9-11-24(37)12-10-23/h4-14,19,27H,3,15-18,20H2,1-2H3,(H,41,50)(H,42,51)(H,44,49)(H2,43,45,46,47,48)/t27-/m1/s1. The van der Waals surface area contributed by atoms with Crippen LogP contribution < -0.4 is 31.3 Å². The van der Waals surface area contributed by atoms with Crippen LogP contribution in [0.2, 0.25) is 5.02 Å². The Kier molecular flexibility index (Phi) is 12.5. The van der Waals surface area contributed by atoms with E-state index in [0.29, 0.717) is 29.2 Å². The molecule has 1 atom stereocenters. The summed E-state index contributed by atoms with van der Waals surface area (Å²) >= 11 is 6.03. The number of aryl methyl sites for hydroxylation is 1. The van der Waals surface area contributed by atoms with Crippen LogP contribution >= 0.6 is 11.6 Å². The van der Waals surface area contributed by atoms with Gasteiger partial charge in [0.1, 0.15) is 6.04 Å². The molecule has 0 spiro atoms. The van der Waals surface area contributed by atoms with Crippen LogP contribution in [0.4, 0.5) is 36.4 Å². The number of nitrogens with one attached hydrogen (secondary N) is 5. The van der Waals surface area contributed by atoms with Crippen molar-refractivity contribution in [3.8, 4) is 6.01 Å². The Morgan fingerprint density at radius 3 is 2.26 bits per heavy atom. The summed E-state index contributed by atoms with van der Waals surface area (Å²) in [6.45, 7) is 0.199. The Labute approximate surface area is 312 Å². The van der Waals surface area contributed by atoms with Gasteiger partial charge in [0.15, 0.2) is 6.61 Å². The first-order valence-corrected chi connectivity index (χ1v) is 17.1. The number of aromatic nitrogens is 3. The van der Waals surface area contributed by atoms with Crippen molar-refractivity contribution >= 4 is 58.6 Å². The van der Waals surface area contributed by atoms with E-state index in [2.05, 4.69) is 41.5 Å². The SMILES string of the molecule is CCc1cccc(NC(=O)C(=O)NCC[C@@H](NC(=O)c2ccc(Nc3nc(NC4(c5ccc(Cl)cc5)CC4)nc(OCC(F)(F)F)n3)cc2)C(=O)OC)c1. The molecule has 1 saturated carbocycles. The third-order valence-corrected chi connectivity index (χ3v) is 8.44. The second-order valence-electron chi connectivity index (χ2n) is 12.2. The Bertz CT molecular complexity index is 1980. The highest BCUT2D eigenvalue weighted by molar-refractivity contribution is 6.39. The fourth-order valence-corrected chi connectivity index (χ4v) is 5.33. The molecule has 18 heteroatoms. The van der Waals surface area contributed by atoms with E-state index >= 15 is 0 Å².